The van der Waals surface area contributed by atoms with Crippen LogP contribution in [0.25, 0.3) is 0 Å². The second-order valence-electron chi connectivity index (χ2n) is 4.55. The number of alkyl halides is 1. The molecule has 0 bridgehead atoms. The highest BCUT2D eigenvalue weighted by Crippen LogP contribution is 2.43. The molecule has 1 atom stereocenters. The Bertz CT molecular complexity index is 694. The minimum atomic E-state index is 0.0216. The average molecular weight is 544 g/mol. The highest BCUT2D eigenvalue weighted by Gasteiger charge is 2.21. The maximum atomic E-state index is 6.12. The Morgan fingerprint density at radius 2 is 1.71 bits per heavy atom. The van der Waals surface area contributed by atoms with Gasteiger partial charge < -0.3 is 9.47 Å². The van der Waals surface area contributed by atoms with E-state index in [1.165, 1.54) is 0 Å². The Morgan fingerprint density at radius 1 is 1.05 bits per heavy atom. The van der Waals surface area contributed by atoms with Crippen molar-refractivity contribution < 1.29 is 9.47 Å². The van der Waals surface area contributed by atoms with E-state index < -0.39 is 0 Å². The fourth-order valence-corrected chi connectivity index (χ4v) is 5.02. The van der Waals surface area contributed by atoms with E-state index in [9.17, 15) is 0 Å². The molecule has 0 saturated heterocycles. The molecule has 6 heteroatoms. The summed E-state index contributed by atoms with van der Waals surface area (Å²) in [6, 6.07) is 9.85. The smallest absolute Gasteiger partial charge is 0.162 e. The van der Waals surface area contributed by atoms with E-state index in [1.54, 1.807) is 0 Å². The van der Waals surface area contributed by atoms with Crippen LogP contribution in [0, 0.1) is 3.57 Å². The number of rotatable bonds is 2. The van der Waals surface area contributed by atoms with Crippen LogP contribution in [-0.4, -0.2) is 13.2 Å². The molecule has 1 aliphatic heterocycles. The fraction of sp³-hybridized carbons (Fsp3) is 0.200. The first-order chi connectivity index (χ1) is 10.1. The summed E-state index contributed by atoms with van der Waals surface area (Å²) in [7, 11) is 0. The second-order valence-corrected chi connectivity index (χ2v) is 7.91. The van der Waals surface area contributed by atoms with Gasteiger partial charge in [0.05, 0.1) is 4.83 Å². The fourth-order valence-electron chi connectivity index (χ4n) is 2.15. The first kappa shape index (κ1) is 15.9. The molecule has 0 radical (unpaired) electrons. The summed E-state index contributed by atoms with van der Waals surface area (Å²) in [6.07, 6.45) is 0. The summed E-state index contributed by atoms with van der Waals surface area (Å²) < 4.78 is 13.4. The van der Waals surface area contributed by atoms with Gasteiger partial charge in [-0.05, 0) is 64.0 Å². The molecule has 2 aromatic carbocycles. The number of fused-ring (bicyclic) bond motifs is 1. The van der Waals surface area contributed by atoms with Crippen LogP contribution in [0.3, 0.4) is 0 Å². The third kappa shape index (κ3) is 3.35. The zero-order valence-corrected chi connectivity index (χ0v) is 16.8. The number of ether oxygens (including phenoxy) is 2. The van der Waals surface area contributed by atoms with Crippen molar-refractivity contribution in [1.29, 1.82) is 0 Å². The van der Waals surface area contributed by atoms with Crippen molar-refractivity contribution in [2.45, 2.75) is 4.83 Å². The van der Waals surface area contributed by atoms with Gasteiger partial charge in [0, 0.05) is 13.1 Å². The highest BCUT2D eigenvalue weighted by atomic mass is 127. The number of hydrogen-bond donors (Lipinski definition) is 0. The Hall–Kier alpha value is 0.0200. The molecule has 1 aliphatic rings. The van der Waals surface area contributed by atoms with Crippen LogP contribution >= 0.6 is 66.1 Å². The molecular formula is C15H10Br2ClIO2. The highest BCUT2D eigenvalue weighted by molar-refractivity contribution is 14.1. The van der Waals surface area contributed by atoms with Crippen molar-refractivity contribution in [3.8, 4) is 11.5 Å². The van der Waals surface area contributed by atoms with Crippen LogP contribution in [0.4, 0.5) is 0 Å². The molecule has 110 valence electrons. The van der Waals surface area contributed by atoms with Crippen molar-refractivity contribution in [3.05, 3.63) is 54.5 Å². The first-order valence-electron chi connectivity index (χ1n) is 6.24. The number of hydrogen-bond acceptors (Lipinski definition) is 2. The minimum absolute atomic E-state index is 0.0216. The van der Waals surface area contributed by atoms with Gasteiger partial charge in [-0.25, -0.2) is 0 Å². The zero-order chi connectivity index (χ0) is 15.0. The van der Waals surface area contributed by atoms with Gasteiger partial charge in [0.25, 0.3) is 0 Å². The average Bonchev–Trinajstić information content (AvgIpc) is 2.48. The maximum absolute atomic E-state index is 6.12. The van der Waals surface area contributed by atoms with E-state index >= 15 is 0 Å². The van der Waals surface area contributed by atoms with Gasteiger partial charge >= 0.3 is 0 Å². The molecule has 1 unspecified atom stereocenters. The maximum Gasteiger partial charge on any atom is 0.162 e. The summed E-state index contributed by atoms with van der Waals surface area (Å²) in [5.74, 6) is 1.55. The molecule has 0 N–H and O–H groups in total. The van der Waals surface area contributed by atoms with Gasteiger partial charge in [0.1, 0.15) is 13.2 Å². The van der Waals surface area contributed by atoms with E-state index in [-0.39, 0.29) is 4.83 Å². The molecule has 21 heavy (non-hydrogen) atoms. The Labute approximate surface area is 158 Å². The zero-order valence-electron chi connectivity index (χ0n) is 10.7. The SMILES string of the molecule is Clc1ccc(I)c(C(Br)c2cc3c(cc2Br)OCCO3)c1. The first-order valence-corrected chi connectivity index (χ1v) is 9.41. The number of halogens is 4. The van der Waals surface area contributed by atoms with E-state index in [2.05, 4.69) is 54.5 Å². The predicted molar refractivity (Wildman–Crippen MR) is 100 cm³/mol. The summed E-state index contributed by atoms with van der Waals surface area (Å²) in [4.78, 5) is 0.0216. The van der Waals surface area contributed by atoms with Gasteiger partial charge in [-0.2, -0.15) is 0 Å². The summed E-state index contributed by atoms with van der Waals surface area (Å²) in [6.45, 7) is 1.17. The van der Waals surface area contributed by atoms with E-state index in [0.29, 0.717) is 13.2 Å². The molecule has 0 aliphatic carbocycles. The lowest BCUT2D eigenvalue weighted by molar-refractivity contribution is 0.171. The minimum Gasteiger partial charge on any atom is -0.486 e. The third-order valence-electron chi connectivity index (χ3n) is 3.17. The molecule has 0 saturated carbocycles. The topological polar surface area (TPSA) is 18.5 Å². The van der Waals surface area contributed by atoms with Gasteiger partial charge in [-0.3, -0.25) is 0 Å². The Kier molecular flexibility index (Phi) is 5.03. The van der Waals surface area contributed by atoms with E-state index in [4.69, 9.17) is 21.1 Å². The largest absolute Gasteiger partial charge is 0.486 e. The lowest BCUT2D eigenvalue weighted by atomic mass is 10.0. The van der Waals surface area contributed by atoms with Crippen LogP contribution in [-0.2, 0) is 0 Å². The molecule has 0 aromatic heterocycles. The molecular weight excluding hydrogens is 534 g/mol. The van der Waals surface area contributed by atoms with Crippen LogP contribution in [0.1, 0.15) is 16.0 Å². The van der Waals surface area contributed by atoms with Gasteiger partial charge in [0.2, 0.25) is 0 Å². The molecule has 1 heterocycles. The lowest BCUT2D eigenvalue weighted by Gasteiger charge is -2.22. The van der Waals surface area contributed by atoms with Gasteiger partial charge in [-0.15, -0.1) is 0 Å². The van der Waals surface area contributed by atoms with Crippen molar-refractivity contribution in [3.63, 3.8) is 0 Å². The molecule has 3 rings (SSSR count). The Morgan fingerprint density at radius 3 is 2.43 bits per heavy atom. The van der Waals surface area contributed by atoms with E-state index in [1.807, 2.05) is 30.3 Å². The van der Waals surface area contributed by atoms with Crippen LogP contribution in [0.15, 0.2) is 34.8 Å². The molecule has 0 fully saturated rings. The van der Waals surface area contributed by atoms with Gasteiger partial charge in [0.15, 0.2) is 11.5 Å². The third-order valence-corrected chi connectivity index (χ3v) is 6.06. The van der Waals surface area contributed by atoms with Crippen molar-refractivity contribution in [2.75, 3.05) is 13.2 Å². The summed E-state index contributed by atoms with van der Waals surface area (Å²) >= 11 is 15.8. The predicted octanol–water partition coefficient (Wildman–Crippen LogP) is 5.96. The quantitative estimate of drug-likeness (QED) is 0.343. The standard InChI is InChI=1S/C15H10Br2ClIO2/c16-11-7-14-13(20-3-4-21-14)6-9(11)15(17)10-5-8(18)1-2-12(10)19/h1-2,5-7,15H,3-4H2. The van der Waals surface area contributed by atoms with Gasteiger partial charge in [-0.1, -0.05) is 43.5 Å². The van der Waals surface area contributed by atoms with E-state index in [0.717, 1.165) is 35.7 Å². The molecule has 2 nitrogen and oxygen atoms in total. The van der Waals surface area contributed by atoms with Crippen molar-refractivity contribution >= 4 is 66.1 Å². The van der Waals surface area contributed by atoms with Crippen molar-refractivity contribution in [1.82, 2.24) is 0 Å². The van der Waals surface area contributed by atoms with Crippen molar-refractivity contribution in [2.24, 2.45) is 0 Å². The monoisotopic (exact) mass is 542 g/mol. The Balaban J connectivity index is 2.05. The van der Waals surface area contributed by atoms with Crippen LogP contribution < -0.4 is 9.47 Å². The molecule has 2 aromatic rings. The lowest BCUT2D eigenvalue weighted by Crippen LogP contribution is -2.15. The normalized spacial score (nSPS) is 14.9. The number of benzene rings is 2. The summed E-state index contributed by atoms with van der Waals surface area (Å²) in [5, 5.41) is 0.725. The second kappa shape index (κ2) is 6.64. The molecule has 0 spiro atoms. The summed E-state index contributed by atoms with van der Waals surface area (Å²) in [5.41, 5.74) is 2.21. The van der Waals surface area contributed by atoms with Crippen LogP contribution in [0.2, 0.25) is 5.02 Å². The van der Waals surface area contributed by atoms with Crippen LogP contribution in [0.5, 0.6) is 11.5 Å². The molecule has 0 amide bonds.